The Morgan fingerprint density at radius 3 is 0.881 bits per heavy atom. The number of carbonyl (C=O) groups excluding carboxylic acids is 3. The minimum Gasteiger partial charge on any atom is -0.462 e. The van der Waals surface area contributed by atoms with Crippen molar-refractivity contribution in [2.75, 3.05) is 13.2 Å². The lowest BCUT2D eigenvalue weighted by Crippen LogP contribution is -2.30. The predicted molar refractivity (Wildman–Crippen MR) is 289 cm³/mol. The predicted octanol–water partition coefficient (Wildman–Crippen LogP) is 19.7. The van der Waals surface area contributed by atoms with Crippen molar-refractivity contribution in [3.63, 3.8) is 0 Å². The molecule has 67 heavy (non-hydrogen) atoms. The van der Waals surface area contributed by atoms with Gasteiger partial charge in [-0.1, -0.05) is 263 Å². The lowest BCUT2D eigenvalue weighted by atomic mass is 10.0. The lowest BCUT2D eigenvalue weighted by molar-refractivity contribution is -0.167. The van der Waals surface area contributed by atoms with E-state index in [1.54, 1.807) is 0 Å². The van der Waals surface area contributed by atoms with Gasteiger partial charge in [-0.15, -0.1) is 0 Å². The highest BCUT2D eigenvalue weighted by Crippen LogP contribution is 2.17. The quantitative estimate of drug-likeness (QED) is 0.0199. The second-order valence-electron chi connectivity index (χ2n) is 19.9. The van der Waals surface area contributed by atoms with E-state index in [0.717, 1.165) is 70.6 Å². The molecule has 0 spiro atoms. The first kappa shape index (κ1) is 64.6. The SMILES string of the molecule is CCCCC/C=C\C=C/CCCCCCCCCCCCC(=O)OCC(COC(=O)CCCCC/C=C\CCCCCCCC)OC(=O)CCCCCCCCCCCCCCCCCCC. The highest BCUT2D eigenvalue weighted by atomic mass is 16.6. The molecule has 6 heteroatoms. The van der Waals surface area contributed by atoms with Crippen molar-refractivity contribution in [3.8, 4) is 0 Å². The maximum atomic E-state index is 12.9. The van der Waals surface area contributed by atoms with Crippen molar-refractivity contribution < 1.29 is 28.6 Å². The van der Waals surface area contributed by atoms with E-state index in [9.17, 15) is 14.4 Å². The van der Waals surface area contributed by atoms with Crippen LogP contribution in [0.4, 0.5) is 0 Å². The summed E-state index contributed by atoms with van der Waals surface area (Å²) in [5, 5.41) is 0. The fraction of sp³-hybridized carbons (Fsp3) is 0.852. The van der Waals surface area contributed by atoms with Crippen molar-refractivity contribution in [2.24, 2.45) is 0 Å². The zero-order chi connectivity index (χ0) is 48.6. The van der Waals surface area contributed by atoms with Crippen molar-refractivity contribution >= 4 is 17.9 Å². The number of rotatable bonds is 54. The molecule has 0 aliphatic carbocycles. The maximum absolute atomic E-state index is 12.9. The van der Waals surface area contributed by atoms with Gasteiger partial charge < -0.3 is 14.2 Å². The Morgan fingerprint density at radius 1 is 0.299 bits per heavy atom. The molecular formula is C61H112O6. The maximum Gasteiger partial charge on any atom is 0.306 e. The smallest absolute Gasteiger partial charge is 0.306 e. The average Bonchev–Trinajstić information content (AvgIpc) is 3.33. The molecule has 0 rings (SSSR count). The summed E-state index contributed by atoms with van der Waals surface area (Å²) in [6.45, 7) is 6.63. The number of esters is 3. The third kappa shape index (κ3) is 54.4. The molecule has 0 fully saturated rings. The molecule has 0 saturated heterocycles. The number of ether oxygens (including phenoxy) is 3. The fourth-order valence-electron chi connectivity index (χ4n) is 8.67. The van der Waals surface area contributed by atoms with E-state index < -0.39 is 6.10 Å². The van der Waals surface area contributed by atoms with Gasteiger partial charge in [-0.25, -0.2) is 0 Å². The van der Waals surface area contributed by atoms with Crippen LogP contribution in [0, 0.1) is 0 Å². The number of unbranched alkanes of at least 4 members (excludes halogenated alkanes) is 38. The van der Waals surface area contributed by atoms with Crippen molar-refractivity contribution in [1.29, 1.82) is 0 Å². The summed E-state index contributed by atoms with van der Waals surface area (Å²) in [5.74, 6) is -0.876. The lowest BCUT2D eigenvalue weighted by Gasteiger charge is -2.18. The van der Waals surface area contributed by atoms with Crippen LogP contribution in [0.3, 0.4) is 0 Å². The van der Waals surface area contributed by atoms with Crippen LogP contribution >= 0.6 is 0 Å². The third-order valence-electron chi connectivity index (χ3n) is 13.1. The zero-order valence-electron chi connectivity index (χ0n) is 44.9. The Balaban J connectivity index is 4.33. The molecule has 0 heterocycles. The molecule has 0 saturated carbocycles. The van der Waals surface area contributed by atoms with Crippen LogP contribution in [0.5, 0.6) is 0 Å². The molecule has 0 aromatic heterocycles. The first-order valence-electron chi connectivity index (χ1n) is 29.5. The molecule has 0 radical (unpaired) electrons. The summed E-state index contributed by atoms with van der Waals surface area (Å²) in [6.07, 6.45) is 67.0. The number of hydrogen-bond acceptors (Lipinski definition) is 6. The molecule has 0 aromatic rings. The van der Waals surface area contributed by atoms with Gasteiger partial charge >= 0.3 is 17.9 Å². The Kier molecular flexibility index (Phi) is 54.2. The van der Waals surface area contributed by atoms with Crippen LogP contribution in [0.2, 0.25) is 0 Å². The fourth-order valence-corrected chi connectivity index (χ4v) is 8.67. The summed E-state index contributed by atoms with van der Waals surface area (Å²) in [6, 6.07) is 0. The molecular weight excluding hydrogens is 829 g/mol. The highest BCUT2D eigenvalue weighted by Gasteiger charge is 2.19. The largest absolute Gasteiger partial charge is 0.462 e. The molecule has 0 aliphatic rings. The topological polar surface area (TPSA) is 78.9 Å². The van der Waals surface area contributed by atoms with E-state index in [1.807, 2.05) is 0 Å². The summed E-state index contributed by atoms with van der Waals surface area (Å²) < 4.78 is 16.9. The monoisotopic (exact) mass is 941 g/mol. The number of allylic oxidation sites excluding steroid dienone is 6. The van der Waals surface area contributed by atoms with Gasteiger partial charge in [0.25, 0.3) is 0 Å². The minimum atomic E-state index is -0.776. The molecule has 0 N–H and O–H groups in total. The first-order valence-corrected chi connectivity index (χ1v) is 29.5. The number of carbonyl (C=O) groups is 3. The average molecular weight is 942 g/mol. The van der Waals surface area contributed by atoms with E-state index >= 15 is 0 Å². The molecule has 0 amide bonds. The number of hydrogen-bond donors (Lipinski definition) is 0. The van der Waals surface area contributed by atoms with E-state index in [-0.39, 0.29) is 31.1 Å². The van der Waals surface area contributed by atoms with Gasteiger partial charge in [0.1, 0.15) is 13.2 Å². The molecule has 1 atom stereocenters. The Bertz CT molecular complexity index is 1130. The third-order valence-corrected chi connectivity index (χ3v) is 13.1. The molecule has 0 aliphatic heterocycles. The van der Waals surface area contributed by atoms with Crippen molar-refractivity contribution in [2.45, 2.75) is 322 Å². The summed E-state index contributed by atoms with van der Waals surface area (Å²) in [4.78, 5) is 38.2. The second kappa shape index (κ2) is 56.2. The second-order valence-corrected chi connectivity index (χ2v) is 19.9. The Hall–Kier alpha value is -2.37. The van der Waals surface area contributed by atoms with Crippen LogP contribution in [-0.2, 0) is 28.6 Å². The van der Waals surface area contributed by atoms with Gasteiger partial charge in [-0.05, 0) is 70.6 Å². The molecule has 392 valence electrons. The van der Waals surface area contributed by atoms with Crippen LogP contribution in [-0.4, -0.2) is 37.2 Å². The van der Waals surface area contributed by atoms with Gasteiger partial charge in [0.15, 0.2) is 6.10 Å². The standard InChI is InChI=1S/C61H112O6/c1-4-7-10-13-16-19-22-25-27-29-30-32-33-36-39-42-45-48-51-54-60(63)66-57-58(56-65-59(62)53-50-47-44-41-38-35-24-21-18-15-12-9-6-3)67-61(64)55-52-49-46-43-40-37-34-31-28-26-23-20-17-14-11-8-5-2/h16,19,22,25,35,38,58H,4-15,17-18,20-21,23-24,26-34,36-37,39-57H2,1-3H3/b19-16-,25-22-,38-35-. The van der Waals surface area contributed by atoms with Gasteiger partial charge in [-0.2, -0.15) is 0 Å². The van der Waals surface area contributed by atoms with Crippen molar-refractivity contribution in [1.82, 2.24) is 0 Å². The summed E-state index contributed by atoms with van der Waals surface area (Å²) >= 11 is 0. The molecule has 1 unspecified atom stereocenters. The Morgan fingerprint density at radius 2 is 0.537 bits per heavy atom. The van der Waals surface area contributed by atoms with Gasteiger partial charge in [0.05, 0.1) is 0 Å². The first-order chi connectivity index (χ1) is 33.0. The zero-order valence-corrected chi connectivity index (χ0v) is 44.9. The Labute approximate surface area is 416 Å². The summed E-state index contributed by atoms with van der Waals surface area (Å²) in [5.41, 5.74) is 0. The normalized spacial score (nSPS) is 12.2. The van der Waals surface area contributed by atoms with E-state index in [1.165, 1.54) is 205 Å². The van der Waals surface area contributed by atoms with Crippen LogP contribution < -0.4 is 0 Å². The highest BCUT2D eigenvalue weighted by molar-refractivity contribution is 5.71. The van der Waals surface area contributed by atoms with Crippen LogP contribution in [0.1, 0.15) is 316 Å². The minimum absolute atomic E-state index is 0.0750. The van der Waals surface area contributed by atoms with Crippen molar-refractivity contribution in [3.05, 3.63) is 36.5 Å². The molecule has 0 aromatic carbocycles. The van der Waals surface area contributed by atoms with E-state index in [2.05, 4.69) is 57.2 Å². The van der Waals surface area contributed by atoms with Crippen LogP contribution in [0.15, 0.2) is 36.5 Å². The van der Waals surface area contributed by atoms with Crippen LogP contribution in [0.25, 0.3) is 0 Å². The summed E-state index contributed by atoms with van der Waals surface area (Å²) in [7, 11) is 0. The van der Waals surface area contributed by atoms with E-state index in [4.69, 9.17) is 14.2 Å². The molecule has 0 bridgehead atoms. The van der Waals surface area contributed by atoms with Gasteiger partial charge in [-0.3, -0.25) is 14.4 Å². The van der Waals surface area contributed by atoms with Gasteiger partial charge in [0.2, 0.25) is 0 Å². The van der Waals surface area contributed by atoms with E-state index in [0.29, 0.717) is 19.3 Å². The molecule has 6 nitrogen and oxygen atoms in total. The van der Waals surface area contributed by atoms with Gasteiger partial charge in [0, 0.05) is 19.3 Å².